The van der Waals surface area contributed by atoms with Crippen LogP contribution in [0, 0.1) is 0 Å². The largest absolute Gasteiger partial charge is 0.545 e. The Hall–Kier alpha value is -2.56. The summed E-state index contributed by atoms with van der Waals surface area (Å²) in [5.74, 6) is -1.46. The van der Waals surface area contributed by atoms with Crippen LogP contribution in [0.3, 0.4) is 0 Å². The average Bonchev–Trinajstić information content (AvgIpc) is 2.83. The number of carboxylic acids is 1. The van der Waals surface area contributed by atoms with Gasteiger partial charge in [-0.2, -0.15) is 0 Å². The molecule has 0 fully saturated rings. The number of amides is 1. The maximum absolute atomic E-state index is 11.6. The maximum atomic E-state index is 11.6. The van der Waals surface area contributed by atoms with E-state index in [2.05, 4.69) is 5.32 Å². The molecule has 0 spiro atoms. The fraction of sp³-hybridized carbons (Fsp3) is 0. The second-order valence-corrected chi connectivity index (χ2v) is 3.30. The number of benzene rings is 1. The van der Waals surface area contributed by atoms with E-state index in [0.29, 0.717) is 5.69 Å². The Labute approximate surface area is 96.7 Å². The summed E-state index contributed by atoms with van der Waals surface area (Å²) in [6, 6.07) is 8.80. The van der Waals surface area contributed by atoms with Crippen LogP contribution in [-0.2, 0) is 0 Å². The van der Waals surface area contributed by atoms with E-state index in [1.165, 1.54) is 36.6 Å². The predicted octanol–water partition coefficient (Wildman–Crippen LogP) is 0.895. The lowest BCUT2D eigenvalue weighted by atomic mass is 10.2. The Morgan fingerprint density at radius 1 is 1.12 bits per heavy atom. The molecule has 2 rings (SSSR count). The first-order valence-corrected chi connectivity index (χ1v) is 4.83. The second-order valence-electron chi connectivity index (χ2n) is 3.30. The van der Waals surface area contributed by atoms with Gasteiger partial charge >= 0.3 is 0 Å². The van der Waals surface area contributed by atoms with E-state index in [1.54, 1.807) is 6.07 Å². The van der Waals surface area contributed by atoms with E-state index in [1.807, 2.05) is 0 Å². The Kier molecular flexibility index (Phi) is 2.91. The van der Waals surface area contributed by atoms with Gasteiger partial charge in [-0.15, -0.1) is 0 Å². The van der Waals surface area contributed by atoms with Crippen molar-refractivity contribution in [2.75, 3.05) is 5.32 Å². The molecule has 0 aliphatic rings. The van der Waals surface area contributed by atoms with Crippen LogP contribution in [0.2, 0.25) is 0 Å². The molecule has 1 aromatic heterocycles. The van der Waals surface area contributed by atoms with Crippen molar-refractivity contribution in [3.63, 3.8) is 0 Å². The predicted molar refractivity (Wildman–Crippen MR) is 57.4 cm³/mol. The van der Waals surface area contributed by atoms with Crippen LogP contribution < -0.4 is 10.4 Å². The first-order valence-electron chi connectivity index (χ1n) is 4.83. The highest BCUT2D eigenvalue weighted by molar-refractivity contribution is 6.02. The van der Waals surface area contributed by atoms with Gasteiger partial charge in [0.15, 0.2) is 5.76 Å². The summed E-state index contributed by atoms with van der Waals surface area (Å²) in [6.45, 7) is 0. The molecule has 5 nitrogen and oxygen atoms in total. The lowest BCUT2D eigenvalue weighted by Gasteiger charge is -2.05. The van der Waals surface area contributed by atoms with Gasteiger partial charge in [-0.1, -0.05) is 12.1 Å². The number of carbonyl (C=O) groups excluding carboxylic acids is 2. The Morgan fingerprint density at radius 3 is 2.35 bits per heavy atom. The van der Waals surface area contributed by atoms with Crippen LogP contribution in [-0.4, -0.2) is 11.9 Å². The molecule has 0 bridgehead atoms. The van der Waals surface area contributed by atoms with Gasteiger partial charge in [0.1, 0.15) is 0 Å². The van der Waals surface area contributed by atoms with E-state index in [0.717, 1.165) is 0 Å². The maximum Gasteiger partial charge on any atom is 0.291 e. The van der Waals surface area contributed by atoms with Crippen LogP contribution in [0.15, 0.2) is 47.1 Å². The highest BCUT2D eigenvalue weighted by Gasteiger charge is 2.08. The molecule has 0 aliphatic heterocycles. The number of hydrogen-bond acceptors (Lipinski definition) is 4. The van der Waals surface area contributed by atoms with E-state index in [4.69, 9.17) is 4.42 Å². The number of anilines is 1. The number of aromatic carboxylic acids is 1. The zero-order chi connectivity index (χ0) is 12.3. The molecule has 0 atom stereocenters. The summed E-state index contributed by atoms with van der Waals surface area (Å²) in [6.07, 6.45) is 1.40. The number of carboxylic acid groups (broad SMARTS) is 1. The molecule has 5 heteroatoms. The smallest absolute Gasteiger partial charge is 0.291 e. The lowest BCUT2D eigenvalue weighted by Crippen LogP contribution is -2.22. The van der Waals surface area contributed by atoms with Crippen molar-refractivity contribution in [1.82, 2.24) is 0 Å². The fourth-order valence-electron chi connectivity index (χ4n) is 1.29. The van der Waals surface area contributed by atoms with Crippen LogP contribution >= 0.6 is 0 Å². The second kappa shape index (κ2) is 4.52. The molecule has 1 heterocycles. The molecule has 0 saturated carbocycles. The standard InChI is InChI=1S/C12H9NO4/c14-11(10-2-1-7-17-10)13-9-5-3-8(4-6-9)12(15)16/h1-7H,(H,13,14)(H,15,16)/p-1. The number of hydrogen-bond donors (Lipinski definition) is 1. The van der Waals surface area contributed by atoms with Crippen molar-refractivity contribution in [1.29, 1.82) is 0 Å². The van der Waals surface area contributed by atoms with Gasteiger partial charge in [-0.05, 0) is 29.8 Å². The van der Waals surface area contributed by atoms with Crippen molar-refractivity contribution in [2.24, 2.45) is 0 Å². The molecule has 17 heavy (non-hydrogen) atoms. The van der Waals surface area contributed by atoms with Crippen molar-refractivity contribution >= 4 is 17.6 Å². The number of nitrogens with one attached hydrogen (secondary N) is 1. The van der Waals surface area contributed by atoms with Gasteiger partial charge in [0.05, 0.1) is 12.2 Å². The normalized spacial score (nSPS) is 9.88. The summed E-state index contributed by atoms with van der Waals surface area (Å²) in [5.41, 5.74) is 0.539. The topological polar surface area (TPSA) is 82.4 Å². The Morgan fingerprint density at radius 2 is 1.82 bits per heavy atom. The average molecular weight is 230 g/mol. The summed E-state index contributed by atoms with van der Waals surface area (Å²) < 4.78 is 4.91. The first kappa shape index (κ1) is 10.9. The molecule has 86 valence electrons. The van der Waals surface area contributed by atoms with Gasteiger partial charge in [-0.25, -0.2) is 0 Å². The zero-order valence-corrected chi connectivity index (χ0v) is 8.67. The van der Waals surface area contributed by atoms with Crippen molar-refractivity contribution in [3.8, 4) is 0 Å². The van der Waals surface area contributed by atoms with E-state index in [-0.39, 0.29) is 11.3 Å². The Balaban J connectivity index is 2.09. The van der Waals surface area contributed by atoms with Gasteiger partial charge in [0, 0.05) is 5.69 Å². The first-order chi connectivity index (χ1) is 8.16. The fourth-order valence-corrected chi connectivity index (χ4v) is 1.29. The highest BCUT2D eigenvalue weighted by Crippen LogP contribution is 2.11. The SMILES string of the molecule is O=C([O-])c1ccc(NC(=O)c2ccco2)cc1. The van der Waals surface area contributed by atoms with Gasteiger partial charge < -0.3 is 19.6 Å². The minimum absolute atomic E-state index is 0.0565. The molecular weight excluding hydrogens is 222 g/mol. The highest BCUT2D eigenvalue weighted by atomic mass is 16.4. The molecule has 1 amide bonds. The Bertz CT molecular complexity index is 528. The summed E-state index contributed by atoms with van der Waals surface area (Å²) in [7, 11) is 0. The third-order valence-electron chi connectivity index (χ3n) is 2.12. The molecular formula is C12H8NO4-. The molecule has 0 saturated heterocycles. The number of carbonyl (C=O) groups is 2. The van der Waals surface area contributed by atoms with E-state index in [9.17, 15) is 14.7 Å². The van der Waals surface area contributed by atoms with Crippen LogP contribution in [0.25, 0.3) is 0 Å². The van der Waals surface area contributed by atoms with E-state index >= 15 is 0 Å². The van der Waals surface area contributed by atoms with Crippen molar-refractivity contribution < 1.29 is 19.1 Å². The summed E-state index contributed by atoms with van der Waals surface area (Å²) >= 11 is 0. The third kappa shape index (κ3) is 2.52. The minimum atomic E-state index is -1.26. The van der Waals surface area contributed by atoms with Crippen LogP contribution in [0.5, 0.6) is 0 Å². The van der Waals surface area contributed by atoms with Crippen LogP contribution in [0.1, 0.15) is 20.9 Å². The third-order valence-corrected chi connectivity index (χ3v) is 2.12. The van der Waals surface area contributed by atoms with Crippen molar-refractivity contribution in [2.45, 2.75) is 0 Å². The molecule has 1 aromatic carbocycles. The van der Waals surface area contributed by atoms with Crippen LogP contribution in [0.4, 0.5) is 5.69 Å². The van der Waals surface area contributed by atoms with Gasteiger partial charge in [0.2, 0.25) is 0 Å². The minimum Gasteiger partial charge on any atom is -0.545 e. The number of furan rings is 1. The van der Waals surface area contributed by atoms with Crippen molar-refractivity contribution in [3.05, 3.63) is 54.0 Å². The lowest BCUT2D eigenvalue weighted by molar-refractivity contribution is -0.255. The van der Waals surface area contributed by atoms with Gasteiger partial charge in [0.25, 0.3) is 5.91 Å². The summed E-state index contributed by atoms with van der Waals surface area (Å²) in [4.78, 5) is 22.1. The molecule has 0 radical (unpaired) electrons. The molecule has 0 aliphatic carbocycles. The zero-order valence-electron chi connectivity index (χ0n) is 8.67. The molecule has 2 aromatic rings. The monoisotopic (exact) mass is 230 g/mol. The van der Waals surface area contributed by atoms with E-state index < -0.39 is 11.9 Å². The molecule has 1 N–H and O–H groups in total. The molecule has 0 unspecified atom stereocenters. The van der Waals surface area contributed by atoms with Gasteiger partial charge in [-0.3, -0.25) is 4.79 Å². The summed E-state index contributed by atoms with van der Waals surface area (Å²) in [5, 5.41) is 13.1. The number of rotatable bonds is 3. The quantitative estimate of drug-likeness (QED) is 0.849.